The lowest BCUT2D eigenvalue weighted by Gasteiger charge is -2.22. The molecule has 1 aliphatic rings. The standard InChI is InChI=1S/C22H22N4O/c1-14-7-6-9-18(16(14)3)25-21-13-23-19(12-24-21)22(27)26-15(2)11-17-8-4-5-10-20(17)26/h4-10,12-13,15H,11H2,1-3H3,(H,24,25). The lowest BCUT2D eigenvalue weighted by molar-refractivity contribution is 0.0976. The van der Waals surface area contributed by atoms with Gasteiger partial charge in [0.05, 0.1) is 12.4 Å². The Hall–Kier alpha value is -3.21. The lowest BCUT2D eigenvalue weighted by Crippen LogP contribution is -2.36. The van der Waals surface area contributed by atoms with Crippen LogP contribution in [-0.4, -0.2) is 21.9 Å². The Morgan fingerprint density at radius 3 is 2.67 bits per heavy atom. The van der Waals surface area contributed by atoms with E-state index in [1.54, 1.807) is 12.4 Å². The van der Waals surface area contributed by atoms with Gasteiger partial charge in [-0.15, -0.1) is 0 Å². The summed E-state index contributed by atoms with van der Waals surface area (Å²) in [6.07, 6.45) is 4.02. The molecule has 3 aromatic rings. The number of rotatable bonds is 3. The smallest absolute Gasteiger partial charge is 0.278 e. The van der Waals surface area contributed by atoms with E-state index in [1.165, 1.54) is 16.7 Å². The minimum atomic E-state index is -0.113. The molecule has 0 bridgehead atoms. The number of fused-ring (bicyclic) bond motifs is 1. The highest BCUT2D eigenvalue weighted by molar-refractivity contribution is 6.06. The SMILES string of the molecule is Cc1cccc(Nc2cnc(C(=O)N3c4ccccc4CC3C)cn2)c1C. The number of para-hydroxylation sites is 1. The maximum atomic E-state index is 13.0. The van der Waals surface area contributed by atoms with E-state index in [-0.39, 0.29) is 11.9 Å². The van der Waals surface area contributed by atoms with Crippen LogP contribution in [0.4, 0.5) is 17.2 Å². The van der Waals surface area contributed by atoms with Gasteiger partial charge in [-0.05, 0) is 56.0 Å². The van der Waals surface area contributed by atoms with Crippen molar-refractivity contribution in [1.82, 2.24) is 9.97 Å². The van der Waals surface area contributed by atoms with Crippen LogP contribution in [-0.2, 0) is 6.42 Å². The maximum Gasteiger partial charge on any atom is 0.278 e. The Bertz CT molecular complexity index is 997. The van der Waals surface area contributed by atoms with Gasteiger partial charge in [0, 0.05) is 17.4 Å². The summed E-state index contributed by atoms with van der Waals surface area (Å²) in [6, 6.07) is 14.2. The number of nitrogens with zero attached hydrogens (tertiary/aromatic N) is 3. The van der Waals surface area contributed by atoms with E-state index in [4.69, 9.17) is 0 Å². The minimum Gasteiger partial charge on any atom is -0.339 e. The van der Waals surface area contributed by atoms with Crippen molar-refractivity contribution in [2.24, 2.45) is 0 Å². The molecule has 0 radical (unpaired) electrons. The van der Waals surface area contributed by atoms with Crippen molar-refractivity contribution >= 4 is 23.1 Å². The molecule has 0 saturated heterocycles. The first-order chi connectivity index (χ1) is 13.0. The minimum absolute atomic E-state index is 0.113. The second-order valence-electron chi connectivity index (χ2n) is 7.02. The molecule has 5 nitrogen and oxygen atoms in total. The molecular weight excluding hydrogens is 336 g/mol. The normalized spacial score (nSPS) is 15.5. The number of aromatic nitrogens is 2. The van der Waals surface area contributed by atoms with E-state index in [0.717, 1.165) is 17.8 Å². The zero-order valence-corrected chi connectivity index (χ0v) is 15.7. The van der Waals surface area contributed by atoms with Crippen LogP contribution in [0.2, 0.25) is 0 Å². The zero-order chi connectivity index (χ0) is 19.0. The second-order valence-corrected chi connectivity index (χ2v) is 7.02. The highest BCUT2D eigenvalue weighted by Crippen LogP contribution is 2.32. The Morgan fingerprint density at radius 2 is 1.89 bits per heavy atom. The van der Waals surface area contributed by atoms with Crippen molar-refractivity contribution < 1.29 is 4.79 Å². The topological polar surface area (TPSA) is 58.1 Å². The lowest BCUT2D eigenvalue weighted by atomic mass is 10.1. The monoisotopic (exact) mass is 358 g/mol. The Kier molecular flexibility index (Phi) is 4.36. The summed E-state index contributed by atoms with van der Waals surface area (Å²) in [7, 11) is 0. The summed E-state index contributed by atoms with van der Waals surface area (Å²) in [4.78, 5) is 23.6. The van der Waals surface area contributed by atoms with Crippen LogP contribution >= 0.6 is 0 Å². The molecule has 1 N–H and O–H groups in total. The summed E-state index contributed by atoms with van der Waals surface area (Å²) in [5.41, 5.74) is 5.88. The van der Waals surface area contributed by atoms with Gasteiger partial charge >= 0.3 is 0 Å². The van der Waals surface area contributed by atoms with Gasteiger partial charge in [-0.1, -0.05) is 30.3 Å². The Morgan fingerprint density at radius 1 is 1.07 bits per heavy atom. The second kappa shape index (κ2) is 6.83. The molecule has 1 aromatic heterocycles. The van der Waals surface area contributed by atoms with Crippen molar-refractivity contribution in [2.75, 3.05) is 10.2 Å². The fourth-order valence-electron chi connectivity index (χ4n) is 3.53. The third kappa shape index (κ3) is 3.16. The molecule has 0 aliphatic carbocycles. The third-order valence-electron chi connectivity index (χ3n) is 5.16. The number of carbonyl (C=O) groups excluding carboxylic acids is 1. The molecule has 2 aromatic carbocycles. The Balaban J connectivity index is 1.56. The summed E-state index contributed by atoms with van der Waals surface area (Å²) in [6.45, 7) is 6.19. The quantitative estimate of drug-likeness (QED) is 0.752. The average Bonchev–Trinajstić information content (AvgIpc) is 3.01. The highest BCUT2D eigenvalue weighted by Gasteiger charge is 2.31. The molecule has 0 spiro atoms. The largest absolute Gasteiger partial charge is 0.339 e. The van der Waals surface area contributed by atoms with Gasteiger partial charge in [0.15, 0.2) is 0 Å². The van der Waals surface area contributed by atoms with Crippen LogP contribution < -0.4 is 10.2 Å². The fraction of sp³-hybridized carbons (Fsp3) is 0.227. The van der Waals surface area contributed by atoms with Gasteiger partial charge in [0.1, 0.15) is 11.5 Å². The van der Waals surface area contributed by atoms with Gasteiger partial charge in [-0.2, -0.15) is 0 Å². The van der Waals surface area contributed by atoms with Gasteiger partial charge in [0.2, 0.25) is 0 Å². The zero-order valence-electron chi connectivity index (χ0n) is 15.7. The van der Waals surface area contributed by atoms with E-state index in [0.29, 0.717) is 11.5 Å². The average molecular weight is 358 g/mol. The molecule has 1 amide bonds. The molecule has 0 fully saturated rings. The third-order valence-corrected chi connectivity index (χ3v) is 5.16. The van der Waals surface area contributed by atoms with Gasteiger partial charge in [0.25, 0.3) is 5.91 Å². The number of hydrogen-bond donors (Lipinski definition) is 1. The molecule has 4 rings (SSSR count). The van der Waals surface area contributed by atoms with Crippen LogP contribution in [0.3, 0.4) is 0 Å². The molecule has 1 aliphatic heterocycles. The molecule has 5 heteroatoms. The first-order valence-corrected chi connectivity index (χ1v) is 9.11. The predicted molar refractivity (Wildman–Crippen MR) is 108 cm³/mol. The van der Waals surface area contributed by atoms with Crippen LogP contribution in [0.25, 0.3) is 0 Å². The van der Waals surface area contributed by atoms with Crippen LogP contribution in [0.5, 0.6) is 0 Å². The molecule has 0 saturated carbocycles. The molecular formula is C22H22N4O. The number of amides is 1. The Labute approximate surface area is 159 Å². The maximum absolute atomic E-state index is 13.0. The number of nitrogens with one attached hydrogen (secondary N) is 1. The molecule has 2 heterocycles. The molecule has 1 atom stereocenters. The van der Waals surface area contributed by atoms with Gasteiger partial charge in [-0.3, -0.25) is 4.79 Å². The van der Waals surface area contributed by atoms with Gasteiger partial charge < -0.3 is 10.2 Å². The van der Waals surface area contributed by atoms with E-state index in [1.807, 2.05) is 35.2 Å². The summed E-state index contributed by atoms with van der Waals surface area (Å²) < 4.78 is 0. The van der Waals surface area contributed by atoms with Crippen molar-refractivity contribution in [1.29, 1.82) is 0 Å². The van der Waals surface area contributed by atoms with Crippen molar-refractivity contribution in [2.45, 2.75) is 33.2 Å². The van der Waals surface area contributed by atoms with Crippen molar-refractivity contribution in [3.63, 3.8) is 0 Å². The molecule has 136 valence electrons. The summed E-state index contributed by atoms with van der Waals surface area (Å²) >= 11 is 0. The first-order valence-electron chi connectivity index (χ1n) is 9.11. The predicted octanol–water partition coefficient (Wildman–Crippen LogP) is 4.43. The fourth-order valence-corrected chi connectivity index (χ4v) is 3.53. The van der Waals surface area contributed by atoms with Crippen LogP contribution in [0.1, 0.15) is 34.1 Å². The van der Waals surface area contributed by atoms with Crippen LogP contribution in [0.15, 0.2) is 54.9 Å². The molecule has 27 heavy (non-hydrogen) atoms. The van der Waals surface area contributed by atoms with E-state index >= 15 is 0 Å². The summed E-state index contributed by atoms with van der Waals surface area (Å²) in [5.74, 6) is 0.508. The van der Waals surface area contributed by atoms with E-state index in [2.05, 4.69) is 48.2 Å². The molecule has 1 unspecified atom stereocenters. The van der Waals surface area contributed by atoms with E-state index in [9.17, 15) is 4.79 Å². The van der Waals surface area contributed by atoms with E-state index < -0.39 is 0 Å². The van der Waals surface area contributed by atoms with Crippen molar-refractivity contribution in [3.8, 4) is 0 Å². The first kappa shape index (κ1) is 17.2. The highest BCUT2D eigenvalue weighted by atomic mass is 16.2. The van der Waals surface area contributed by atoms with Gasteiger partial charge in [-0.25, -0.2) is 9.97 Å². The number of aryl methyl sites for hydroxylation is 1. The number of anilines is 3. The summed E-state index contributed by atoms with van der Waals surface area (Å²) in [5, 5.41) is 3.27. The van der Waals surface area contributed by atoms with Crippen molar-refractivity contribution in [3.05, 3.63) is 77.2 Å². The number of benzene rings is 2. The number of hydrogen-bond acceptors (Lipinski definition) is 4. The van der Waals surface area contributed by atoms with Crippen LogP contribution in [0, 0.1) is 13.8 Å². The number of carbonyl (C=O) groups is 1.